The molecule has 8 N–H and O–H groups in total. The molecule has 1 fully saturated rings. The van der Waals surface area contributed by atoms with Gasteiger partial charge in [-0.15, -0.1) is 0 Å². The van der Waals surface area contributed by atoms with Gasteiger partial charge in [-0.2, -0.15) is 0 Å². The largest absolute Gasteiger partial charge is 0.480 e. The number of hydrogen-bond acceptors (Lipinski definition) is 7. The molecule has 0 bridgehead atoms. The summed E-state index contributed by atoms with van der Waals surface area (Å²) in [4.78, 5) is 49.1. The van der Waals surface area contributed by atoms with Crippen molar-refractivity contribution < 1.29 is 29.4 Å². The van der Waals surface area contributed by atoms with E-state index < -0.39 is 48.6 Å². The molecule has 11 nitrogen and oxygen atoms in total. The molecule has 160 valence electrons. The van der Waals surface area contributed by atoms with E-state index in [2.05, 4.69) is 10.6 Å². The maximum Gasteiger partial charge on any atom is 0.328 e. The highest BCUT2D eigenvalue weighted by Gasteiger charge is 2.36. The Hall–Kier alpha value is -2.24. The number of carbonyl (C=O) groups is 4. The molecule has 0 aromatic heterocycles. The molecule has 4 atom stereocenters. The molecule has 1 aliphatic rings. The number of aliphatic hydroxyl groups is 1. The number of rotatable bonds is 11. The molecule has 0 radical (unpaired) electrons. The van der Waals surface area contributed by atoms with E-state index in [-0.39, 0.29) is 5.91 Å². The Balaban J connectivity index is 2.55. The van der Waals surface area contributed by atoms with Crippen molar-refractivity contribution in [1.29, 1.82) is 0 Å². The highest BCUT2D eigenvalue weighted by molar-refractivity contribution is 5.93. The third kappa shape index (κ3) is 7.06. The summed E-state index contributed by atoms with van der Waals surface area (Å²) in [7, 11) is 0. The monoisotopic (exact) mass is 401 g/mol. The molecule has 0 aliphatic carbocycles. The summed E-state index contributed by atoms with van der Waals surface area (Å²) in [5, 5.41) is 22.8. The van der Waals surface area contributed by atoms with Gasteiger partial charge in [0.25, 0.3) is 0 Å². The Morgan fingerprint density at radius 1 is 1.25 bits per heavy atom. The smallest absolute Gasteiger partial charge is 0.328 e. The van der Waals surface area contributed by atoms with Gasteiger partial charge >= 0.3 is 5.97 Å². The molecule has 0 aromatic carbocycles. The molecule has 1 saturated heterocycles. The van der Waals surface area contributed by atoms with Crippen LogP contribution in [0.3, 0.4) is 0 Å². The SMILES string of the molecule is CC(O)C(NC(=O)CNC(=O)C1CCCN1C(=O)C(N)CCCCN)C(=O)O. The van der Waals surface area contributed by atoms with Gasteiger partial charge in [-0.3, -0.25) is 14.4 Å². The first kappa shape index (κ1) is 23.8. The molecule has 0 spiro atoms. The van der Waals surface area contributed by atoms with E-state index in [4.69, 9.17) is 16.6 Å². The first-order valence-electron chi connectivity index (χ1n) is 9.43. The lowest BCUT2D eigenvalue weighted by molar-refractivity contribution is -0.144. The van der Waals surface area contributed by atoms with E-state index >= 15 is 0 Å². The fourth-order valence-electron chi connectivity index (χ4n) is 3.05. The Bertz CT molecular complexity index is 570. The number of carbonyl (C=O) groups excluding carboxylic acids is 3. The normalized spacial score (nSPS) is 19.6. The summed E-state index contributed by atoms with van der Waals surface area (Å²) in [5.41, 5.74) is 11.4. The summed E-state index contributed by atoms with van der Waals surface area (Å²) in [6.45, 7) is 1.71. The number of carboxylic acids is 1. The Labute approximate surface area is 163 Å². The number of amides is 3. The van der Waals surface area contributed by atoms with E-state index in [1.54, 1.807) is 0 Å². The predicted molar refractivity (Wildman–Crippen MR) is 99.9 cm³/mol. The van der Waals surface area contributed by atoms with Crippen LogP contribution in [0, 0.1) is 0 Å². The second-order valence-electron chi connectivity index (χ2n) is 6.92. The molecule has 11 heteroatoms. The molecule has 1 aliphatic heterocycles. The molecule has 28 heavy (non-hydrogen) atoms. The van der Waals surface area contributed by atoms with Gasteiger partial charge in [0.05, 0.1) is 18.7 Å². The van der Waals surface area contributed by atoms with Crippen LogP contribution in [0.5, 0.6) is 0 Å². The number of aliphatic hydroxyl groups excluding tert-OH is 1. The molecular weight excluding hydrogens is 370 g/mol. The molecule has 0 aromatic rings. The minimum absolute atomic E-state index is 0.306. The van der Waals surface area contributed by atoms with Crippen LogP contribution in [-0.2, 0) is 19.2 Å². The summed E-state index contributed by atoms with van der Waals surface area (Å²) in [6, 6.07) is -2.89. The van der Waals surface area contributed by atoms with Gasteiger partial charge in [-0.25, -0.2) is 4.79 Å². The Morgan fingerprint density at radius 3 is 2.50 bits per heavy atom. The fraction of sp³-hybridized carbons (Fsp3) is 0.765. The van der Waals surface area contributed by atoms with Crippen molar-refractivity contribution in [2.75, 3.05) is 19.6 Å². The molecule has 0 saturated carbocycles. The first-order valence-corrected chi connectivity index (χ1v) is 9.43. The van der Waals surface area contributed by atoms with Gasteiger partial charge in [0, 0.05) is 6.54 Å². The van der Waals surface area contributed by atoms with Crippen molar-refractivity contribution in [1.82, 2.24) is 15.5 Å². The van der Waals surface area contributed by atoms with Crippen molar-refractivity contribution in [3.05, 3.63) is 0 Å². The quantitative estimate of drug-likeness (QED) is 0.205. The van der Waals surface area contributed by atoms with Gasteiger partial charge in [-0.1, -0.05) is 6.42 Å². The standard InChI is InChI=1S/C17H31N5O6/c1-10(23)14(17(27)28)21-13(24)9-20-15(25)12-6-4-8-22(12)16(26)11(19)5-2-3-7-18/h10-12,14,23H,2-9,18-19H2,1H3,(H,20,25)(H,21,24)(H,27,28). The van der Waals surface area contributed by atoms with Crippen LogP contribution in [-0.4, -0.2) is 82.7 Å². The lowest BCUT2D eigenvalue weighted by Gasteiger charge is -2.26. The van der Waals surface area contributed by atoms with Gasteiger partial charge in [0.15, 0.2) is 6.04 Å². The van der Waals surface area contributed by atoms with Crippen LogP contribution in [0.25, 0.3) is 0 Å². The number of hydrogen-bond donors (Lipinski definition) is 6. The minimum atomic E-state index is -1.47. The third-order valence-corrected chi connectivity index (χ3v) is 4.61. The Morgan fingerprint density at radius 2 is 1.93 bits per heavy atom. The van der Waals surface area contributed by atoms with Crippen molar-refractivity contribution in [2.24, 2.45) is 11.5 Å². The summed E-state index contributed by atoms with van der Waals surface area (Å²) in [5.74, 6) is -2.94. The molecule has 4 unspecified atom stereocenters. The topological polar surface area (TPSA) is 188 Å². The molecule has 3 amide bonds. The van der Waals surface area contributed by atoms with Crippen molar-refractivity contribution in [3.63, 3.8) is 0 Å². The zero-order valence-electron chi connectivity index (χ0n) is 16.1. The maximum absolute atomic E-state index is 12.5. The van der Waals surface area contributed by atoms with Crippen molar-refractivity contribution in [3.8, 4) is 0 Å². The van der Waals surface area contributed by atoms with Crippen LogP contribution >= 0.6 is 0 Å². The number of aliphatic carboxylic acids is 1. The minimum Gasteiger partial charge on any atom is -0.480 e. The third-order valence-electron chi connectivity index (χ3n) is 4.61. The average molecular weight is 401 g/mol. The summed E-state index contributed by atoms with van der Waals surface area (Å²) in [6.07, 6.45) is 1.79. The van der Waals surface area contributed by atoms with E-state index in [0.717, 1.165) is 12.8 Å². The second kappa shape index (κ2) is 11.6. The van der Waals surface area contributed by atoms with E-state index in [1.165, 1.54) is 11.8 Å². The van der Waals surface area contributed by atoms with Crippen LogP contribution < -0.4 is 22.1 Å². The predicted octanol–water partition coefficient (Wildman–Crippen LogP) is -2.50. The average Bonchev–Trinajstić information content (AvgIpc) is 3.12. The number of likely N-dealkylation sites (tertiary alicyclic amines) is 1. The molecule has 1 rings (SSSR count). The van der Waals surface area contributed by atoms with Crippen LogP contribution in [0.1, 0.15) is 39.0 Å². The number of nitrogens with zero attached hydrogens (tertiary/aromatic N) is 1. The second-order valence-corrected chi connectivity index (χ2v) is 6.92. The summed E-state index contributed by atoms with van der Waals surface area (Å²) >= 11 is 0. The number of carboxylic acid groups (broad SMARTS) is 1. The van der Waals surface area contributed by atoms with E-state index in [0.29, 0.717) is 32.4 Å². The first-order chi connectivity index (χ1) is 13.2. The highest BCUT2D eigenvalue weighted by Crippen LogP contribution is 2.19. The van der Waals surface area contributed by atoms with E-state index in [9.17, 15) is 24.3 Å². The van der Waals surface area contributed by atoms with Crippen LogP contribution in [0.2, 0.25) is 0 Å². The van der Waals surface area contributed by atoms with E-state index in [1.807, 2.05) is 0 Å². The summed E-state index contributed by atoms with van der Waals surface area (Å²) < 4.78 is 0. The fourth-order valence-corrected chi connectivity index (χ4v) is 3.05. The Kier molecular flexibility index (Phi) is 9.83. The van der Waals surface area contributed by atoms with Crippen molar-refractivity contribution >= 4 is 23.7 Å². The zero-order chi connectivity index (χ0) is 21.3. The lowest BCUT2D eigenvalue weighted by atomic mass is 10.1. The van der Waals surface area contributed by atoms with Gasteiger partial charge in [0.1, 0.15) is 6.04 Å². The van der Waals surface area contributed by atoms with Gasteiger partial charge < -0.3 is 37.2 Å². The maximum atomic E-state index is 12.5. The van der Waals surface area contributed by atoms with Crippen molar-refractivity contribution in [2.45, 2.75) is 63.3 Å². The van der Waals surface area contributed by atoms with Gasteiger partial charge in [-0.05, 0) is 39.2 Å². The number of nitrogens with one attached hydrogen (secondary N) is 2. The number of unbranched alkanes of at least 4 members (excludes halogenated alkanes) is 1. The van der Waals surface area contributed by atoms with Crippen LogP contribution in [0.15, 0.2) is 0 Å². The van der Waals surface area contributed by atoms with Crippen LogP contribution in [0.4, 0.5) is 0 Å². The van der Waals surface area contributed by atoms with Gasteiger partial charge in [0.2, 0.25) is 17.7 Å². The number of nitrogens with two attached hydrogens (primary N) is 2. The zero-order valence-corrected chi connectivity index (χ0v) is 16.1. The molecule has 1 heterocycles. The lowest BCUT2D eigenvalue weighted by Crippen LogP contribution is -2.54. The highest BCUT2D eigenvalue weighted by atomic mass is 16.4. The molecular formula is C17H31N5O6.